The molecule has 2 aliphatic rings. The maximum absolute atomic E-state index is 5.41. The summed E-state index contributed by atoms with van der Waals surface area (Å²) >= 11 is 0. The fourth-order valence-corrected chi connectivity index (χ4v) is 3.14. The molecular weight excluding hydrogens is 230 g/mol. The third-order valence-electron chi connectivity index (χ3n) is 4.35. The second-order valence-corrected chi connectivity index (χ2v) is 5.41. The van der Waals surface area contributed by atoms with E-state index in [1.165, 1.54) is 19.3 Å². The summed E-state index contributed by atoms with van der Waals surface area (Å²) in [4.78, 5) is 8.55. The molecule has 1 unspecified atom stereocenters. The monoisotopic (exact) mass is 245 g/mol. The van der Waals surface area contributed by atoms with Crippen molar-refractivity contribution in [3.63, 3.8) is 0 Å². The number of aryl methyl sites for hydroxylation is 1. The second-order valence-electron chi connectivity index (χ2n) is 5.41. The Balaban J connectivity index is 1.48. The molecule has 3 atom stereocenters. The van der Waals surface area contributed by atoms with Crippen LogP contribution in [0.4, 0.5) is 0 Å². The summed E-state index contributed by atoms with van der Waals surface area (Å²) in [5, 5.41) is 4.03. The summed E-state index contributed by atoms with van der Waals surface area (Å²) in [6.45, 7) is 1.83. The molecular formula is C13H15N3O2. The number of aromatic nitrogens is 3. The molecule has 0 radical (unpaired) electrons. The lowest BCUT2D eigenvalue weighted by atomic mass is 9.53. The molecule has 2 aromatic rings. The first kappa shape index (κ1) is 10.3. The number of hydrogen-bond acceptors (Lipinski definition) is 5. The summed E-state index contributed by atoms with van der Waals surface area (Å²) in [6.07, 6.45) is 6.23. The van der Waals surface area contributed by atoms with Crippen molar-refractivity contribution in [2.45, 2.75) is 38.5 Å². The fraction of sp³-hybridized carbons (Fsp3) is 0.615. The number of oxazole rings is 1. The minimum absolute atomic E-state index is 0.515. The highest BCUT2D eigenvalue weighted by Crippen LogP contribution is 2.58. The van der Waals surface area contributed by atoms with Gasteiger partial charge in [-0.25, -0.2) is 4.98 Å². The van der Waals surface area contributed by atoms with Crippen LogP contribution in [0.25, 0.3) is 0 Å². The first-order valence-electron chi connectivity index (χ1n) is 6.53. The van der Waals surface area contributed by atoms with Crippen molar-refractivity contribution < 1.29 is 8.94 Å². The van der Waals surface area contributed by atoms with Gasteiger partial charge in [0.25, 0.3) is 0 Å². The molecule has 5 heteroatoms. The third kappa shape index (κ3) is 1.50. The molecule has 0 spiro atoms. The van der Waals surface area contributed by atoms with Crippen molar-refractivity contribution in [3.8, 4) is 0 Å². The molecule has 2 saturated carbocycles. The molecule has 0 saturated heterocycles. The largest absolute Gasteiger partial charge is 0.446 e. The topological polar surface area (TPSA) is 65.0 Å². The van der Waals surface area contributed by atoms with Crippen LogP contribution in [-0.4, -0.2) is 15.1 Å². The Morgan fingerprint density at radius 1 is 1.39 bits per heavy atom. The average molecular weight is 245 g/mol. The second kappa shape index (κ2) is 3.67. The van der Waals surface area contributed by atoms with E-state index in [1.54, 1.807) is 6.20 Å². The lowest BCUT2D eigenvalue weighted by molar-refractivity contribution is 0.00604. The van der Waals surface area contributed by atoms with Gasteiger partial charge in [-0.15, -0.1) is 0 Å². The third-order valence-corrected chi connectivity index (χ3v) is 4.35. The molecule has 0 aliphatic heterocycles. The minimum Gasteiger partial charge on any atom is -0.446 e. The van der Waals surface area contributed by atoms with Crippen LogP contribution in [0.1, 0.15) is 48.5 Å². The van der Waals surface area contributed by atoms with E-state index < -0.39 is 0 Å². The molecule has 94 valence electrons. The Hall–Kier alpha value is -1.65. The Morgan fingerprint density at radius 3 is 2.94 bits per heavy atom. The van der Waals surface area contributed by atoms with E-state index in [-0.39, 0.29) is 0 Å². The van der Waals surface area contributed by atoms with Gasteiger partial charge in [0.1, 0.15) is 5.76 Å². The standard InChI is InChI=1S/C13H15N3O2/c1-7-14-6-9(17-7)5-12-15-13(18-16-12)11-4-8-2-3-10(8)11/h6,8,10-11H,2-5H2,1H3/t8-,10-,11?/m0/s1. The van der Waals surface area contributed by atoms with E-state index in [1.807, 2.05) is 6.92 Å². The summed E-state index contributed by atoms with van der Waals surface area (Å²) in [6, 6.07) is 0. The van der Waals surface area contributed by atoms with Crippen molar-refractivity contribution in [1.29, 1.82) is 0 Å². The molecule has 5 nitrogen and oxygen atoms in total. The Bertz CT molecular complexity index is 574. The van der Waals surface area contributed by atoms with Crippen molar-refractivity contribution in [2.75, 3.05) is 0 Å². The summed E-state index contributed by atoms with van der Waals surface area (Å²) in [5.41, 5.74) is 0. The molecule has 2 aromatic heterocycles. The number of fused-ring (bicyclic) bond motifs is 1. The lowest BCUT2D eigenvalue weighted by Crippen LogP contribution is -2.42. The lowest BCUT2D eigenvalue weighted by Gasteiger charge is -2.51. The van der Waals surface area contributed by atoms with E-state index in [0.717, 1.165) is 23.5 Å². The van der Waals surface area contributed by atoms with Gasteiger partial charge in [-0.1, -0.05) is 5.16 Å². The molecule has 18 heavy (non-hydrogen) atoms. The zero-order valence-corrected chi connectivity index (χ0v) is 10.3. The van der Waals surface area contributed by atoms with Crippen molar-refractivity contribution in [2.24, 2.45) is 11.8 Å². The molecule has 2 aliphatic carbocycles. The van der Waals surface area contributed by atoms with Crippen LogP contribution >= 0.6 is 0 Å². The van der Waals surface area contributed by atoms with Gasteiger partial charge in [0.15, 0.2) is 11.7 Å². The average Bonchev–Trinajstić information content (AvgIpc) is 2.93. The zero-order valence-electron chi connectivity index (χ0n) is 10.3. The summed E-state index contributed by atoms with van der Waals surface area (Å²) < 4.78 is 10.8. The first-order valence-corrected chi connectivity index (χ1v) is 6.53. The molecule has 2 heterocycles. The summed E-state index contributed by atoms with van der Waals surface area (Å²) in [7, 11) is 0. The van der Waals surface area contributed by atoms with E-state index in [9.17, 15) is 0 Å². The van der Waals surface area contributed by atoms with Crippen LogP contribution in [0.15, 0.2) is 15.1 Å². The van der Waals surface area contributed by atoms with Crippen molar-refractivity contribution in [3.05, 3.63) is 29.6 Å². The number of nitrogens with zero attached hydrogens (tertiary/aromatic N) is 3. The molecule has 0 amide bonds. The van der Waals surface area contributed by atoms with Gasteiger partial charge < -0.3 is 8.94 Å². The van der Waals surface area contributed by atoms with Crippen LogP contribution in [0, 0.1) is 18.8 Å². The summed E-state index contributed by atoms with van der Waals surface area (Å²) in [5.74, 6) is 5.24. The molecule has 4 rings (SSSR count). The first-order chi connectivity index (χ1) is 8.79. The van der Waals surface area contributed by atoms with E-state index in [0.29, 0.717) is 24.1 Å². The van der Waals surface area contributed by atoms with Crippen LogP contribution in [0.2, 0.25) is 0 Å². The van der Waals surface area contributed by atoms with Gasteiger partial charge in [0, 0.05) is 12.8 Å². The van der Waals surface area contributed by atoms with Gasteiger partial charge >= 0.3 is 0 Å². The minimum atomic E-state index is 0.515. The Labute approximate surface area is 105 Å². The fourth-order valence-electron chi connectivity index (χ4n) is 3.14. The quantitative estimate of drug-likeness (QED) is 0.831. The zero-order chi connectivity index (χ0) is 12.1. The number of hydrogen-bond donors (Lipinski definition) is 0. The highest BCUT2D eigenvalue weighted by molar-refractivity contribution is 5.11. The highest BCUT2D eigenvalue weighted by Gasteiger charge is 2.50. The van der Waals surface area contributed by atoms with E-state index in [4.69, 9.17) is 8.94 Å². The number of rotatable bonds is 3. The Kier molecular flexibility index (Phi) is 2.10. The predicted octanol–water partition coefficient (Wildman–Crippen LogP) is 2.47. The molecule has 0 N–H and O–H groups in total. The van der Waals surface area contributed by atoms with Crippen LogP contribution < -0.4 is 0 Å². The van der Waals surface area contributed by atoms with Crippen LogP contribution in [0.3, 0.4) is 0 Å². The van der Waals surface area contributed by atoms with E-state index >= 15 is 0 Å². The van der Waals surface area contributed by atoms with Crippen LogP contribution in [-0.2, 0) is 6.42 Å². The van der Waals surface area contributed by atoms with Gasteiger partial charge in [-0.05, 0) is 31.1 Å². The van der Waals surface area contributed by atoms with Gasteiger partial charge in [0.05, 0.1) is 12.6 Å². The Morgan fingerprint density at radius 2 is 2.33 bits per heavy atom. The smallest absolute Gasteiger partial charge is 0.230 e. The van der Waals surface area contributed by atoms with E-state index in [2.05, 4.69) is 15.1 Å². The molecule has 2 fully saturated rings. The maximum Gasteiger partial charge on any atom is 0.230 e. The van der Waals surface area contributed by atoms with Gasteiger partial charge in [-0.3, -0.25) is 0 Å². The normalized spacial score (nSPS) is 29.5. The van der Waals surface area contributed by atoms with Gasteiger partial charge in [-0.2, -0.15) is 4.98 Å². The molecule has 0 aromatic carbocycles. The van der Waals surface area contributed by atoms with Crippen molar-refractivity contribution >= 4 is 0 Å². The highest BCUT2D eigenvalue weighted by atomic mass is 16.5. The predicted molar refractivity (Wildman–Crippen MR) is 61.9 cm³/mol. The SMILES string of the molecule is Cc1ncc(Cc2noc(C3C[C@@H]4CC[C@H]34)n2)o1. The van der Waals surface area contributed by atoms with Gasteiger partial charge in [0.2, 0.25) is 5.89 Å². The molecule has 0 bridgehead atoms. The van der Waals surface area contributed by atoms with Crippen LogP contribution in [0.5, 0.6) is 0 Å². The van der Waals surface area contributed by atoms with Crippen molar-refractivity contribution in [1.82, 2.24) is 15.1 Å². The maximum atomic E-state index is 5.41.